The second-order valence-corrected chi connectivity index (χ2v) is 5.87. The van der Waals surface area contributed by atoms with E-state index in [1.54, 1.807) is 0 Å². The molecule has 1 nitrogen and oxygen atoms in total. The molecule has 1 rings (SSSR count). The van der Waals surface area contributed by atoms with Crippen LogP contribution in [0.1, 0.15) is 47.0 Å². The van der Waals surface area contributed by atoms with Crippen LogP contribution < -0.4 is 5.73 Å². The highest BCUT2D eigenvalue weighted by Gasteiger charge is 2.38. The van der Waals surface area contributed by atoms with Crippen LogP contribution in [0.3, 0.4) is 0 Å². The van der Waals surface area contributed by atoms with Crippen LogP contribution in [-0.2, 0) is 0 Å². The fourth-order valence-electron chi connectivity index (χ4n) is 3.31. The van der Waals surface area contributed by atoms with E-state index in [1.807, 2.05) is 0 Å². The van der Waals surface area contributed by atoms with Crippen LogP contribution in [0, 0.1) is 16.7 Å². The van der Waals surface area contributed by atoms with Crippen LogP contribution in [0.4, 0.5) is 0 Å². The van der Waals surface area contributed by atoms with E-state index in [2.05, 4.69) is 27.7 Å². The summed E-state index contributed by atoms with van der Waals surface area (Å²) in [6.07, 6.45) is 3.97. The third-order valence-corrected chi connectivity index (χ3v) is 3.14. The fourth-order valence-corrected chi connectivity index (χ4v) is 3.31. The minimum absolute atomic E-state index is 0.404. The Morgan fingerprint density at radius 3 is 2.25 bits per heavy atom. The summed E-state index contributed by atoms with van der Waals surface area (Å²) in [5, 5.41) is 0. The van der Waals surface area contributed by atoms with Crippen molar-refractivity contribution >= 4 is 0 Å². The van der Waals surface area contributed by atoms with Crippen LogP contribution in [-0.4, -0.2) is 6.54 Å². The quantitative estimate of drug-likeness (QED) is 0.642. The van der Waals surface area contributed by atoms with Gasteiger partial charge in [-0.2, -0.15) is 0 Å². The number of hydrogen-bond acceptors (Lipinski definition) is 1. The van der Waals surface area contributed by atoms with Crippen molar-refractivity contribution in [3.8, 4) is 0 Å². The maximum Gasteiger partial charge on any atom is -0.00229 e. The third kappa shape index (κ3) is 2.22. The normalized spacial score (nSPS) is 41.2. The lowest BCUT2D eigenvalue weighted by Gasteiger charge is -2.45. The number of hydrogen-bond donors (Lipinski definition) is 1. The molecule has 0 amide bonds. The lowest BCUT2D eigenvalue weighted by molar-refractivity contribution is 0.0676. The average molecular weight is 169 g/mol. The Balaban J connectivity index is 2.70. The molecule has 0 radical (unpaired) electrons. The molecule has 12 heavy (non-hydrogen) atoms. The van der Waals surface area contributed by atoms with Gasteiger partial charge in [0.2, 0.25) is 0 Å². The van der Waals surface area contributed by atoms with Crippen molar-refractivity contribution < 1.29 is 0 Å². The van der Waals surface area contributed by atoms with Gasteiger partial charge < -0.3 is 5.73 Å². The standard InChI is InChI=1S/C11H23N/c1-9-5-10(2,3)7-11(4,6-9)8-12/h9H,5-8,12H2,1-4H3/t9-,11-/m0/s1. The van der Waals surface area contributed by atoms with Crippen molar-refractivity contribution in [3.05, 3.63) is 0 Å². The van der Waals surface area contributed by atoms with E-state index < -0.39 is 0 Å². The maximum atomic E-state index is 5.82. The van der Waals surface area contributed by atoms with E-state index in [0.717, 1.165) is 12.5 Å². The average Bonchev–Trinajstić information content (AvgIpc) is 1.82. The monoisotopic (exact) mass is 169 g/mol. The van der Waals surface area contributed by atoms with Crippen molar-refractivity contribution in [2.24, 2.45) is 22.5 Å². The highest BCUT2D eigenvalue weighted by atomic mass is 14.6. The van der Waals surface area contributed by atoms with Gasteiger partial charge >= 0.3 is 0 Å². The second-order valence-electron chi connectivity index (χ2n) is 5.87. The van der Waals surface area contributed by atoms with E-state index in [9.17, 15) is 0 Å². The molecular weight excluding hydrogens is 146 g/mol. The van der Waals surface area contributed by atoms with E-state index >= 15 is 0 Å². The Labute approximate surface area is 76.7 Å². The first-order valence-electron chi connectivity index (χ1n) is 5.07. The van der Waals surface area contributed by atoms with E-state index in [0.29, 0.717) is 10.8 Å². The van der Waals surface area contributed by atoms with Gasteiger partial charge in [-0.15, -0.1) is 0 Å². The van der Waals surface area contributed by atoms with Crippen molar-refractivity contribution in [2.45, 2.75) is 47.0 Å². The molecular formula is C11H23N. The smallest absolute Gasteiger partial charge is 0.00229 e. The molecule has 0 spiro atoms. The van der Waals surface area contributed by atoms with Gasteiger partial charge in [-0.25, -0.2) is 0 Å². The molecule has 2 atom stereocenters. The Morgan fingerprint density at radius 1 is 1.25 bits per heavy atom. The Kier molecular flexibility index (Phi) is 2.53. The molecule has 0 aromatic rings. The molecule has 0 aliphatic heterocycles. The molecule has 0 aromatic heterocycles. The van der Waals surface area contributed by atoms with Crippen LogP contribution in [0.2, 0.25) is 0 Å². The summed E-state index contributed by atoms with van der Waals surface area (Å²) in [6.45, 7) is 10.3. The maximum absolute atomic E-state index is 5.82. The molecule has 0 heterocycles. The van der Waals surface area contributed by atoms with Crippen molar-refractivity contribution in [2.75, 3.05) is 6.54 Å². The molecule has 1 aliphatic rings. The molecule has 0 aromatic carbocycles. The molecule has 0 saturated heterocycles. The van der Waals surface area contributed by atoms with E-state index in [1.165, 1.54) is 19.3 Å². The molecule has 0 bridgehead atoms. The van der Waals surface area contributed by atoms with Gasteiger partial charge in [0.15, 0.2) is 0 Å². The predicted octanol–water partition coefficient (Wildman–Crippen LogP) is 2.80. The first kappa shape index (κ1) is 10.0. The second kappa shape index (κ2) is 3.02. The van der Waals surface area contributed by atoms with Gasteiger partial charge in [0.1, 0.15) is 0 Å². The van der Waals surface area contributed by atoms with Gasteiger partial charge in [0.25, 0.3) is 0 Å². The lowest BCUT2D eigenvalue weighted by Crippen LogP contribution is -2.39. The fraction of sp³-hybridized carbons (Fsp3) is 1.00. The van der Waals surface area contributed by atoms with Crippen molar-refractivity contribution in [1.82, 2.24) is 0 Å². The van der Waals surface area contributed by atoms with Crippen LogP contribution in [0.25, 0.3) is 0 Å². The van der Waals surface area contributed by atoms with Gasteiger partial charge in [-0.1, -0.05) is 27.7 Å². The number of rotatable bonds is 1. The van der Waals surface area contributed by atoms with Crippen molar-refractivity contribution in [1.29, 1.82) is 0 Å². The van der Waals surface area contributed by atoms with Crippen LogP contribution in [0.15, 0.2) is 0 Å². The minimum Gasteiger partial charge on any atom is -0.330 e. The molecule has 2 N–H and O–H groups in total. The molecule has 1 saturated carbocycles. The van der Waals surface area contributed by atoms with Crippen LogP contribution >= 0.6 is 0 Å². The number of nitrogens with two attached hydrogens (primary N) is 1. The largest absolute Gasteiger partial charge is 0.330 e. The molecule has 1 heteroatoms. The SMILES string of the molecule is C[C@H]1CC(C)(C)C[C@@](C)(CN)C1. The Morgan fingerprint density at radius 2 is 1.83 bits per heavy atom. The van der Waals surface area contributed by atoms with E-state index in [4.69, 9.17) is 5.73 Å². The highest BCUT2D eigenvalue weighted by Crippen LogP contribution is 2.47. The summed E-state index contributed by atoms with van der Waals surface area (Å²) in [5.74, 6) is 0.849. The molecule has 1 fully saturated rings. The molecule has 0 unspecified atom stereocenters. The van der Waals surface area contributed by atoms with Gasteiger partial charge in [0.05, 0.1) is 0 Å². The summed E-state index contributed by atoms with van der Waals surface area (Å²) in [4.78, 5) is 0. The third-order valence-electron chi connectivity index (χ3n) is 3.14. The zero-order valence-corrected chi connectivity index (χ0v) is 8.98. The minimum atomic E-state index is 0.404. The summed E-state index contributed by atoms with van der Waals surface area (Å²) in [5.41, 5.74) is 6.73. The molecule has 72 valence electrons. The lowest BCUT2D eigenvalue weighted by atomic mass is 9.61. The van der Waals surface area contributed by atoms with Crippen LogP contribution in [0.5, 0.6) is 0 Å². The zero-order chi connectivity index (χ0) is 9.41. The summed E-state index contributed by atoms with van der Waals surface area (Å²) in [7, 11) is 0. The van der Waals surface area contributed by atoms with Gasteiger partial charge in [0, 0.05) is 0 Å². The topological polar surface area (TPSA) is 26.0 Å². The zero-order valence-electron chi connectivity index (χ0n) is 8.98. The summed E-state index contributed by atoms with van der Waals surface area (Å²) < 4.78 is 0. The van der Waals surface area contributed by atoms with Gasteiger partial charge in [-0.3, -0.25) is 0 Å². The highest BCUT2D eigenvalue weighted by molar-refractivity contribution is 4.90. The first-order chi connectivity index (χ1) is 5.37. The summed E-state index contributed by atoms with van der Waals surface area (Å²) >= 11 is 0. The predicted molar refractivity (Wildman–Crippen MR) is 54.0 cm³/mol. The first-order valence-corrected chi connectivity index (χ1v) is 5.07. The van der Waals surface area contributed by atoms with Gasteiger partial charge in [-0.05, 0) is 42.6 Å². The Bertz CT molecular complexity index is 162. The molecule has 1 aliphatic carbocycles. The van der Waals surface area contributed by atoms with E-state index in [-0.39, 0.29) is 0 Å². The Hall–Kier alpha value is -0.0400. The van der Waals surface area contributed by atoms with Crippen molar-refractivity contribution in [3.63, 3.8) is 0 Å². The summed E-state index contributed by atoms with van der Waals surface area (Å²) in [6, 6.07) is 0.